The zero-order chi connectivity index (χ0) is 18.8. The summed E-state index contributed by atoms with van der Waals surface area (Å²) in [6.07, 6.45) is 5.59. The molecular weight excluding hydrogens is 411 g/mol. The van der Waals surface area contributed by atoms with Crippen molar-refractivity contribution in [2.75, 3.05) is 13.1 Å². The second-order valence-corrected chi connectivity index (χ2v) is 7.67. The number of carbonyl (C=O) groups excluding carboxylic acids is 1. The lowest BCUT2D eigenvalue weighted by Gasteiger charge is -2.32. The second-order valence-electron chi connectivity index (χ2n) is 6.75. The number of hydrogen-bond donors (Lipinski definition) is 1. The minimum atomic E-state index is -0.457. The lowest BCUT2D eigenvalue weighted by molar-refractivity contribution is 0.0700. The van der Waals surface area contributed by atoms with Gasteiger partial charge in [0, 0.05) is 36.3 Å². The third-order valence-electron chi connectivity index (χ3n) is 5.00. The molecule has 1 amide bonds. The average molecular weight is 431 g/mol. The van der Waals surface area contributed by atoms with Gasteiger partial charge in [-0.15, -0.1) is 0 Å². The Morgan fingerprint density at radius 3 is 2.78 bits per heavy atom. The van der Waals surface area contributed by atoms with E-state index in [1.807, 2.05) is 24.5 Å². The number of imidazole rings is 1. The molecule has 0 bridgehead atoms. The Morgan fingerprint density at radius 1 is 1.22 bits per heavy atom. The molecule has 4 rings (SSSR count). The van der Waals surface area contributed by atoms with Gasteiger partial charge in [0.1, 0.15) is 11.5 Å². The number of nitrogens with one attached hydrogen (secondary N) is 1. The molecule has 5 nitrogen and oxygen atoms in total. The first kappa shape index (κ1) is 18.1. The first-order valence-electron chi connectivity index (χ1n) is 9.00. The van der Waals surface area contributed by atoms with Crippen LogP contribution in [0.15, 0.2) is 53.3 Å². The van der Waals surface area contributed by atoms with Gasteiger partial charge >= 0.3 is 0 Å². The van der Waals surface area contributed by atoms with Crippen LogP contribution in [0.4, 0.5) is 4.39 Å². The fourth-order valence-electron chi connectivity index (χ4n) is 3.48. The molecule has 0 saturated carbocycles. The molecule has 27 heavy (non-hydrogen) atoms. The molecule has 3 aromatic rings. The van der Waals surface area contributed by atoms with Crippen LogP contribution in [-0.2, 0) is 6.54 Å². The normalized spacial score (nSPS) is 15.4. The summed E-state index contributed by atoms with van der Waals surface area (Å²) in [7, 11) is 0. The van der Waals surface area contributed by atoms with E-state index < -0.39 is 5.82 Å². The molecule has 1 N–H and O–H groups in total. The van der Waals surface area contributed by atoms with E-state index in [0.717, 1.165) is 28.7 Å². The molecule has 2 aromatic heterocycles. The van der Waals surface area contributed by atoms with Crippen molar-refractivity contribution in [3.05, 3.63) is 70.3 Å². The van der Waals surface area contributed by atoms with E-state index >= 15 is 0 Å². The molecule has 0 atom stereocenters. The van der Waals surface area contributed by atoms with E-state index in [1.165, 1.54) is 6.07 Å². The van der Waals surface area contributed by atoms with Crippen LogP contribution in [0.25, 0.3) is 5.65 Å². The Bertz CT molecular complexity index is 966. The maximum Gasteiger partial charge on any atom is 0.256 e. The summed E-state index contributed by atoms with van der Waals surface area (Å²) in [6, 6.07) is 10.4. The highest BCUT2D eigenvalue weighted by Crippen LogP contribution is 2.17. The van der Waals surface area contributed by atoms with Gasteiger partial charge in [0.2, 0.25) is 0 Å². The third kappa shape index (κ3) is 3.89. The Balaban J connectivity index is 1.34. The number of benzene rings is 1. The molecule has 140 valence electrons. The van der Waals surface area contributed by atoms with Crippen molar-refractivity contribution in [3.63, 3.8) is 0 Å². The number of likely N-dealkylation sites (tertiary alicyclic amines) is 1. The molecule has 7 heteroatoms. The molecule has 0 unspecified atom stereocenters. The van der Waals surface area contributed by atoms with Crippen LogP contribution < -0.4 is 5.32 Å². The van der Waals surface area contributed by atoms with Gasteiger partial charge in [0.25, 0.3) is 5.91 Å². The van der Waals surface area contributed by atoms with Crippen molar-refractivity contribution in [2.24, 2.45) is 0 Å². The van der Waals surface area contributed by atoms with Gasteiger partial charge in [-0.2, -0.15) is 0 Å². The lowest BCUT2D eigenvalue weighted by atomic mass is 10.0. The molecular formula is C20H20BrFN4O. The molecule has 1 aromatic carbocycles. The van der Waals surface area contributed by atoms with Gasteiger partial charge in [0.15, 0.2) is 0 Å². The molecule has 0 aliphatic carbocycles. The Kier molecular flexibility index (Phi) is 5.22. The zero-order valence-electron chi connectivity index (χ0n) is 14.7. The topological polar surface area (TPSA) is 49.6 Å². The van der Waals surface area contributed by atoms with Crippen molar-refractivity contribution in [1.29, 1.82) is 0 Å². The summed E-state index contributed by atoms with van der Waals surface area (Å²) in [6.45, 7) is 1.97. The summed E-state index contributed by atoms with van der Waals surface area (Å²) in [5.74, 6) is -0.681. The number of aromatic nitrogens is 2. The summed E-state index contributed by atoms with van der Waals surface area (Å²) in [5, 5.41) is 3.56. The van der Waals surface area contributed by atoms with Gasteiger partial charge < -0.3 is 14.6 Å². The summed E-state index contributed by atoms with van der Waals surface area (Å²) >= 11 is 3.49. The summed E-state index contributed by atoms with van der Waals surface area (Å²) in [4.78, 5) is 18.7. The maximum absolute atomic E-state index is 13.8. The van der Waals surface area contributed by atoms with Gasteiger partial charge in [0.05, 0.1) is 17.5 Å². The highest BCUT2D eigenvalue weighted by atomic mass is 79.9. The van der Waals surface area contributed by atoms with Gasteiger partial charge in [-0.1, -0.05) is 12.1 Å². The SMILES string of the molecule is O=C(c1ccccc1F)N1CCC(NCc2cnc3ccc(Br)cn23)CC1. The zero-order valence-corrected chi connectivity index (χ0v) is 16.3. The highest BCUT2D eigenvalue weighted by molar-refractivity contribution is 9.10. The second kappa shape index (κ2) is 7.78. The molecule has 0 radical (unpaired) electrons. The number of piperidine rings is 1. The predicted molar refractivity (Wildman–Crippen MR) is 105 cm³/mol. The molecule has 1 fully saturated rings. The van der Waals surface area contributed by atoms with Gasteiger partial charge in [-0.25, -0.2) is 9.37 Å². The number of pyridine rings is 1. The quantitative estimate of drug-likeness (QED) is 0.687. The van der Waals surface area contributed by atoms with Crippen LogP contribution in [0, 0.1) is 5.82 Å². The fourth-order valence-corrected chi connectivity index (χ4v) is 3.81. The Hall–Kier alpha value is -2.25. The molecule has 3 heterocycles. The number of nitrogens with zero attached hydrogens (tertiary/aromatic N) is 3. The number of carbonyl (C=O) groups is 1. The van der Waals surface area contributed by atoms with Crippen LogP contribution in [-0.4, -0.2) is 39.3 Å². The van der Waals surface area contributed by atoms with E-state index in [9.17, 15) is 9.18 Å². The average Bonchev–Trinajstić information content (AvgIpc) is 3.09. The van der Waals surface area contributed by atoms with E-state index in [-0.39, 0.29) is 11.5 Å². The van der Waals surface area contributed by atoms with Gasteiger partial charge in [-0.3, -0.25) is 4.79 Å². The predicted octanol–water partition coefficient (Wildman–Crippen LogP) is 3.63. The standard InChI is InChI=1S/C20H20BrFN4O/c21-14-5-6-19-24-12-16(26(19)13-14)11-23-15-7-9-25(10-8-15)20(27)17-3-1-2-4-18(17)22/h1-6,12-13,15,23H,7-11H2. The van der Waals surface area contributed by atoms with Crippen molar-refractivity contribution >= 4 is 27.5 Å². The third-order valence-corrected chi connectivity index (χ3v) is 5.47. The van der Waals surface area contributed by atoms with Crippen LogP contribution in [0.3, 0.4) is 0 Å². The van der Waals surface area contributed by atoms with Crippen molar-refractivity contribution in [2.45, 2.75) is 25.4 Å². The Morgan fingerprint density at radius 2 is 2.00 bits per heavy atom. The van der Waals surface area contributed by atoms with E-state index in [1.54, 1.807) is 23.1 Å². The maximum atomic E-state index is 13.8. The van der Waals surface area contributed by atoms with E-state index in [2.05, 4.69) is 30.6 Å². The van der Waals surface area contributed by atoms with Crippen molar-refractivity contribution < 1.29 is 9.18 Å². The van der Waals surface area contributed by atoms with Crippen molar-refractivity contribution in [3.8, 4) is 0 Å². The lowest BCUT2D eigenvalue weighted by Crippen LogP contribution is -2.45. The number of rotatable bonds is 4. The largest absolute Gasteiger partial charge is 0.338 e. The number of fused-ring (bicyclic) bond motifs is 1. The monoisotopic (exact) mass is 430 g/mol. The molecule has 1 saturated heterocycles. The van der Waals surface area contributed by atoms with Gasteiger partial charge in [-0.05, 0) is 53.0 Å². The first-order chi connectivity index (χ1) is 13.1. The molecule has 0 spiro atoms. The molecule has 1 aliphatic heterocycles. The van der Waals surface area contributed by atoms with Crippen molar-refractivity contribution in [1.82, 2.24) is 19.6 Å². The minimum Gasteiger partial charge on any atom is -0.338 e. The van der Waals surface area contributed by atoms with E-state index in [0.29, 0.717) is 25.7 Å². The summed E-state index contributed by atoms with van der Waals surface area (Å²) in [5.41, 5.74) is 2.16. The number of halogens is 2. The minimum absolute atomic E-state index is 0.153. The number of hydrogen-bond acceptors (Lipinski definition) is 3. The smallest absolute Gasteiger partial charge is 0.256 e. The van der Waals surface area contributed by atoms with E-state index in [4.69, 9.17) is 0 Å². The van der Waals surface area contributed by atoms with Crippen LogP contribution in [0.5, 0.6) is 0 Å². The fraction of sp³-hybridized carbons (Fsp3) is 0.300. The van der Waals surface area contributed by atoms with Crippen LogP contribution >= 0.6 is 15.9 Å². The Labute approximate surface area is 165 Å². The van der Waals surface area contributed by atoms with Crippen LogP contribution in [0.2, 0.25) is 0 Å². The highest BCUT2D eigenvalue weighted by Gasteiger charge is 2.25. The number of amides is 1. The first-order valence-corrected chi connectivity index (χ1v) is 9.80. The summed E-state index contributed by atoms with van der Waals surface area (Å²) < 4.78 is 16.9. The van der Waals surface area contributed by atoms with Crippen LogP contribution in [0.1, 0.15) is 28.9 Å². The molecule has 1 aliphatic rings.